The topological polar surface area (TPSA) is 26.0 Å². The third kappa shape index (κ3) is 2.44. The fourth-order valence-corrected chi connectivity index (χ4v) is 4.76. The summed E-state index contributed by atoms with van der Waals surface area (Å²) in [5.74, 6) is 1.38. The van der Waals surface area contributed by atoms with Crippen LogP contribution >= 0.6 is 0 Å². The fourth-order valence-electron chi connectivity index (χ4n) is 4.76. The van der Waals surface area contributed by atoms with Gasteiger partial charge < -0.3 is 5.73 Å². The van der Waals surface area contributed by atoms with Crippen LogP contribution in [0, 0.1) is 16.7 Å². The van der Waals surface area contributed by atoms with Gasteiger partial charge in [-0.3, -0.25) is 0 Å². The van der Waals surface area contributed by atoms with Gasteiger partial charge in [-0.2, -0.15) is 0 Å². The Morgan fingerprint density at radius 3 is 1.90 bits per heavy atom. The van der Waals surface area contributed by atoms with Crippen molar-refractivity contribution in [1.82, 2.24) is 0 Å². The van der Waals surface area contributed by atoms with Gasteiger partial charge in [0.2, 0.25) is 0 Å². The molecule has 0 spiro atoms. The van der Waals surface area contributed by atoms with Crippen molar-refractivity contribution in [3.05, 3.63) is 35.4 Å². The van der Waals surface area contributed by atoms with Gasteiger partial charge in [0, 0.05) is 6.04 Å². The van der Waals surface area contributed by atoms with E-state index in [4.69, 9.17) is 5.73 Å². The van der Waals surface area contributed by atoms with Crippen LogP contribution in [0.25, 0.3) is 0 Å². The zero-order valence-electron chi connectivity index (χ0n) is 14.2. The summed E-state index contributed by atoms with van der Waals surface area (Å²) in [6.07, 6.45) is 6.96. The molecular formula is C20H31N. The lowest BCUT2D eigenvalue weighted by Gasteiger charge is -2.23. The number of hydrogen-bond donors (Lipinski definition) is 1. The van der Waals surface area contributed by atoms with Gasteiger partial charge in [0.25, 0.3) is 0 Å². The second-order valence-corrected chi connectivity index (χ2v) is 8.45. The maximum Gasteiger partial charge on any atom is 0.0334 e. The Kier molecular flexibility index (Phi) is 3.68. The number of benzene rings is 1. The van der Waals surface area contributed by atoms with E-state index >= 15 is 0 Å². The monoisotopic (exact) mass is 285 g/mol. The molecule has 0 aromatic heterocycles. The predicted octanol–water partition coefficient (Wildman–Crippen LogP) is 5.42. The number of rotatable bonds is 3. The molecule has 1 aromatic carbocycles. The maximum absolute atomic E-state index is 6.58. The molecule has 1 atom stereocenters. The van der Waals surface area contributed by atoms with Gasteiger partial charge in [0.15, 0.2) is 0 Å². The van der Waals surface area contributed by atoms with Crippen LogP contribution in [0.5, 0.6) is 0 Å². The fraction of sp³-hybridized carbons (Fsp3) is 0.700. The molecule has 1 heteroatoms. The van der Waals surface area contributed by atoms with E-state index in [-0.39, 0.29) is 6.04 Å². The van der Waals surface area contributed by atoms with Crippen LogP contribution in [-0.2, 0) is 0 Å². The van der Waals surface area contributed by atoms with Gasteiger partial charge in [0.05, 0.1) is 0 Å². The highest BCUT2D eigenvalue weighted by Crippen LogP contribution is 2.71. The Morgan fingerprint density at radius 2 is 1.43 bits per heavy atom. The Hall–Kier alpha value is -0.820. The molecule has 2 N–H and O–H groups in total. The smallest absolute Gasteiger partial charge is 0.0334 e. The van der Waals surface area contributed by atoms with Crippen LogP contribution in [0.15, 0.2) is 24.3 Å². The highest BCUT2D eigenvalue weighted by Gasteiger charge is 2.66. The first-order valence-electron chi connectivity index (χ1n) is 8.71. The van der Waals surface area contributed by atoms with Crippen molar-refractivity contribution >= 4 is 0 Å². The zero-order valence-corrected chi connectivity index (χ0v) is 14.2. The van der Waals surface area contributed by atoms with Crippen molar-refractivity contribution < 1.29 is 0 Å². The zero-order chi connectivity index (χ0) is 15.3. The average Bonchev–Trinajstić information content (AvgIpc) is 2.89. The van der Waals surface area contributed by atoms with Gasteiger partial charge >= 0.3 is 0 Å². The normalized spacial score (nSPS) is 26.5. The molecule has 2 aliphatic carbocycles. The lowest BCUT2D eigenvalue weighted by molar-refractivity contribution is 0.443. The van der Waals surface area contributed by atoms with Crippen LogP contribution in [0.4, 0.5) is 0 Å². The second-order valence-electron chi connectivity index (χ2n) is 8.45. The summed E-state index contributed by atoms with van der Waals surface area (Å²) in [5.41, 5.74) is 10.1. The van der Waals surface area contributed by atoms with E-state index in [0.717, 1.165) is 5.92 Å². The van der Waals surface area contributed by atoms with Gasteiger partial charge in [-0.15, -0.1) is 0 Å². The molecule has 116 valence electrons. The maximum atomic E-state index is 6.58. The molecule has 2 fully saturated rings. The van der Waals surface area contributed by atoms with Crippen LogP contribution in [-0.4, -0.2) is 0 Å². The summed E-state index contributed by atoms with van der Waals surface area (Å²) < 4.78 is 0. The molecule has 3 rings (SSSR count). The largest absolute Gasteiger partial charge is 0.324 e. The number of nitrogens with two attached hydrogens (primary N) is 1. The molecule has 1 nitrogen and oxygen atoms in total. The van der Waals surface area contributed by atoms with Crippen molar-refractivity contribution in [3.63, 3.8) is 0 Å². The number of hydrogen-bond acceptors (Lipinski definition) is 1. The van der Waals surface area contributed by atoms with E-state index in [1.807, 2.05) is 0 Å². The molecule has 0 bridgehead atoms. The van der Waals surface area contributed by atoms with Crippen LogP contribution in [0.3, 0.4) is 0 Å². The van der Waals surface area contributed by atoms with E-state index in [1.54, 1.807) is 0 Å². The SMILES string of the molecule is CC1(C)C(C(N)c2ccc(C3CCCCC3)cc2)C1(C)C. The molecule has 2 saturated carbocycles. The highest BCUT2D eigenvalue weighted by atomic mass is 14.8. The molecule has 1 unspecified atom stereocenters. The lowest BCUT2D eigenvalue weighted by atomic mass is 9.83. The Morgan fingerprint density at radius 1 is 0.905 bits per heavy atom. The van der Waals surface area contributed by atoms with Crippen LogP contribution < -0.4 is 5.73 Å². The molecule has 0 saturated heterocycles. The summed E-state index contributed by atoms with van der Waals surface area (Å²) in [5, 5.41) is 0. The Labute approximate surface area is 130 Å². The molecule has 0 aliphatic heterocycles. The van der Waals surface area contributed by atoms with E-state index < -0.39 is 0 Å². The van der Waals surface area contributed by atoms with Crippen molar-refractivity contribution in [2.75, 3.05) is 0 Å². The van der Waals surface area contributed by atoms with Gasteiger partial charge in [-0.25, -0.2) is 0 Å². The standard InChI is InChI=1S/C20H31N/c1-19(2)18(20(19,3)4)17(21)16-12-10-15(11-13-16)14-8-6-5-7-9-14/h10-14,17-18H,5-9,21H2,1-4H3. The van der Waals surface area contributed by atoms with Crippen molar-refractivity contribution in [3.8, 4) is 0 Å². The molecule has 21 heavy (non-hydrogen) atoms. The third-order valence-electron chi connectivity index (χ3n) is 6.89. The third-order valence-corrected chi connectivity index (χ3v) is 6.89. The van der Waals surface area contributed by atoms with Gasteiger partial charge in [0.1, 0.15) is 0 Å². The van der Waals surface area contributed by atoms with E-state index in [2.05, 4.69) is 52.0 Å². The Bertz CT molecular complexity index is 477. The predicted molar refractivity (Wildman–Crippen MR) is 90.2 cm³/mol. The summed E-state index contributed by atoms with van der Waals surface area (Å²) in [6, 6.07) is 9.44. The molecule has 1 aromatic rings. The average molecular weight is 285 g/mol. The molecule has 0 heterocycles. The van der Waals surface area contributed by atoms with Crippen LogP contribution in [0.1, 0.15) is 82.9 Å². The highest BCUT2D eigenvalue weighted by molar-refractivity contribution is 5.31. The summed E-state index contributed by atoms with van der Waals surface area (Å²) in [7, 11) is 0. The first-order valence-corrected chi connectivity index (χ1v) is 8.71. The molecular weight excluding hydrogens is 254 g/mol. The van der Waals surface area contributed by atoms with Crippen molar-refractivity contribution in [2.45, 2.75) is 71.8 Å². The minimum absolute atomic E-state index is 0.176. The van der Waals surface area contributed by atoms with E-state index in [9.17, 15) is 0 Å². The van der Waals surface area contributed by atoms with Crippen molar-refractivity contribution in [1.29, 1.82) is 0 Å². The minimum atomic E-state index is 0.176. The Balaban J connectivity index is 1.73. The first-order chi connectivity index (χ1) is 9.85. The first kappa shape index (κ1) is 15.1. The van der Waals surface area contributed by atoms with E-state index in [1.165, 1.54) is 43.2 Å². The summed E-state index contributed by atoms with van der Waals surface area (Å²) in [6.45, 7) is 9.42. The van der Waals surface area contributed by atoms with Gasteiger partial charge in [-0.1, -0.05) is 71.2 Å². The van der Waals surface area contributed by atoms with E-state index in [0.29, 0.717) is 16.7 Å². The quantitative estimate of drug-likeness (QED) is 0.788. The molecule has 0 amide bonds. The molecule has 2 aliphatic rings. The van der Waals surface area contributed by atoms with Crippen LogP contribution in [0.2, 0.25) is 0 Å². The summed E-state index contributed by atoms with van der Waals surface area (Å²) >= 11 is 0. The second kappa shape index (κ2) is 5.12. The van der Waals surface area contributed by atoms with Crippen molar-refractivity contribution in [2.24, 2.45) is 22.5 Å². The summed E-state index contributed by atoms with van der Waals surface area (Å²) in [4.78, 5) is 0. The van der Waals surface area contributed by atoms with Gasteiger partial charge in [-0.05, 0) is 46.6 Å². The molecule has 0 radical (unpaired) electrons. The minimum Gasteiger partial charge on any atom is -0.324 e. The lowest BCUT2D eigenvalue weighted by Crippen LogP contribution is -2.16.